The predicted octanol–water partition coefficient (Wildman–Crippen LogP) is 3.19. The highest BCUT2D eigenvalue weighted by molar-refractivity contribution is 7.19. The Kier molecular flexibility index (Phi) is 4.75. The van der Waals surface area contributed by atoms with E-state index in [0.717, 1.165) is 26.9 Å². The van der Waals surface area contributed by atoms with Crippen molar-refractivity contribution < 1.29 is 19.1 Å². The summed E-state index contributed by atoms with van der Waals surface area (Å²) < 4.78 is 10.5. The van der Waals surface area contributed by atoms with Crippen LogP contribution >= 0.6 is 11.3 Å². The van der Waals surface area contributed by atoms with Gasteiger partial charge in [0, 0.05) is 9.58 Å². The number of ether oxygens (including phenoxy) is 2. The van der Waals surface area contributed by atoms with Crippen LogP contribution in [0.2, 0.25) is 0 Å². The van der Waals surface area contributed by atoms with Gasteiger partial charge in [0.05, 0.1) is 14.2 Å². The normalized spacial score (nSPS) is 10.2. The first kappa shape index (κ1) is 15.3. The van der Waals surface area contributed by atoms with Crippen LogP contribution in [0, 0.1) is 0 Å². The number of benzene rings is 1. The fraction of sp³-hybridized carbons (Fsp3) is 0.250. The summed E-state index contributed by atoms with van der Waals surface area (Å²) in [6.45, 7) is 2.04. The molecule has 0 saturated heterocycles. The van der Waals surface area contributed by atoms with Crippen molar-refractivity contribution in [3.05, 3.63) is 40.3 Å². The maximum Gasteiger partial charge on any atom is 0.345 e. The van der Waals surface area contributed by atoms with Crippen molar-refractivity contribution in [1.29, 1.82) is 0 Å². The Balaban J connectivity index is 2.65. The van der Waals surface area contributed by atoms with Crippen LogP contribution in [0.5, 0.6) is 0 Å². The van der Waals surface area contributed by atoms with Gasteiger partial charge in [0.15, 0.2) is 0 Å². The van der Waals surface area contributed by atoms with E-state index in [-0.39, 0.29) is 5.57 Å². The zero-order valence-corrected chi connectivity index (χ0v) is 13.0. The van der Waals surface area contributed by atoms with Crippen LogP contribution in [-0.4, -0.2) is 26.2 Å². The number of aryl methyl sites for hydroxylation is 1. The Morgan fingerprint density at radius 2 is 1.76 bits per heavy atom. The van der Waals surface area contributed by atoms with Crippen molar-refractivity contribution in [2.75, 3.05) is 14.2 Å². The Morgan fingerprint density at radius 1 is 1.14 bits per heavy atom. The molecule has 21 heavy (non-hydrogen) atoms. The molecule has 1 aromatic heterocycles. The number of carbonyl (C=O) groups excluding carboxylic acids is 2. The highest BCUT2D eigenvalue weighted by atomic mass is 32.1. The Morgan fingerprint density at radius 3 is 2.33 bits per heavy atom. The third kappa shape index (κ3) is 2.97. The van der Waals surface area contributed by atoms with Gasteiger partial charge in [0.25, 0.3) is 0 Å². The van der Waals surface area contributed by atoms with Crippen molar-refractivity contribution >= 4 is 39.4 Å². The van der Waals surface area contributed by atoms with Crippen LogP contribution in [-0.2, 0) is 25.5 Å². The molecule has 5 heteroatoms. The van der Waals surface area contributed by atoms with Gasteiger partial charge in [0.1, 0.15) is 5.57 Å². The quantitative estimate of drug-likeness (QED) is 0.377. The van der Waals surface area contributed by atoms with Crippen LogP contribution in [0.1, 0.15) is 17.4 Å². The second-order valence-corrected chi connectivity index (χ2v) is 5.47. The summed E-state index contributed by atoms with van der Waals surface area (Å²) in [6.07, 6.45) is 2.39. The molecule has 0 atom stereocenters. The van der Waals surface area contributed by atoms with Crippen LogP contribution in [0.25, 0.3) is 16.2 Å². The second kappa shape index (κ2) is 6.54. The summed E-state index contributed by atoms with van der Waals surface area (Å²) in [5, 5.41) is 1.02. The second-order valence-electron chi connectivity index (χ2n) is 4.33. The summed E-state index contributed by atoms with van der Waals surface area (Å²) in [6, 6.07) is 7.89. The van der Waals surface area contributed by atoms with E-state index in [9.17, 15) is 9.59 Å². The first-order valence-electron chi connectivity index (χ1n) is 6.51. The molecule has 0 bridgehead atoms. The first-order chi connectivity index (χ1) is 10.1. The number of methoxy groups -OCH3 is 2. The highest BCUT2D eigenvalue weighted by Crippen LogP contribution is 2.33. The zero-order chi connectivity index (χ0) is 15.4. The summed E-state index contributed by atoms with van der Waals surface area (Å²) in [5.41, 5.74) is 0.780. The number of hydrogen-bond acceptors (Lipinski definition) is 5. The highest BCUT2D eigenvalue weighted by Gasteiger charge is 2.21. The van der Waals surface area contributed by atoms with Gasteiger partial charge in [-0.1, -0.05) is 25.1 Å². The van der Waals surface area contributed by atoms with Crippen molar-refractivity contribution in [2.24, 2.45) is 0 Å². The van der Waals surface area contributed by atoms with Crippen LogP contribution in [0.15, 0.2) is 29.8 Å². The predicted molar refractivity (Wildman–Crippen MR) is 83.2 cm³/mol. The molecule has 0 fully saturated rings. The molecule has 0 N–H and O–H groups in total. The van der Waals surface area contributed by atoms with E-state index in [4.69, 9.17) is 0 Å². The largest absolute Gasteiger partial charge is 0.465 e. The van der Waals surface area contributed by atoms with E-state index < -0.39 is 11.9 Å². The lowest BCUT2D eigenvalue weighted by atomic mass is 10.1. The SMILES string of the molecule is CCc1sc2ccccc2c1C=C(C(=O)OC)C(=O)OC. The van der Waals surface area contributed by atoms with E-state index in [2.05, 4.69) is 9.47 Å². The summed E-state index contributed by atoms with van der Waals surface area (Å²) in [4.78, 5) is 24.7. The molecule has 0 spiro atoms. The summed E-state index contributed by atoms with van der Waals surface area (Å²) >= 11 is 1.66. The maximum atomic E-state index is 11.8. The molecule has 0 saturated carbocycles. The molecule has 2 aromatic rings. The van der Waals surface area contributed by atoms with Gasteiger partial charge in [-0.3, -0.25) is 0 Å². The van der Waals surface area contributed by atoms with Crippen LogP contribution < -0.4 is 0 Å². The number of thiophene rings is 1. The van der Waals surface area contributed by atoms with E-state index >= 15 is 0 Å². The average molecular weight is 304 g/mol. The third-order valence-corrected chi connectivity index (χ3v) is 4.46. The maximum absolute atomic E-state index is 11.8. The molecule has 110 valence electrons. The monoisotopic (exact) mass is 304 g/mol. The van der Waals surface area contributed by atoms with E-state index in [0.29, 0.717) is 0 Å². The number of esters is 2. The number of hydrogen-bond donors (Lipinski definition) is 0. The van der Waals surface area contributed by atoms with E-state index in [1.807, 2.05) is 31.2 Å². The molecular formula is C16H16O4S. The van der Waals surface area contributed by atoms with Gasteiger partial charge >= 0.3 is 11.9 Å². The standard InChI is InChI=1S/C16H16O4S/c1-4-13-11(10-7-5-6-8-14(10)21-13)9-12(15(17)19-2)16(18)20-3/h5-9H,4H2,1-3H3. The molecule has 0 unspecified atom stereocenters. The van der Waals surface area contributed by atoms with Gasteiger partial charge in [-0.15, -0.1) is 11.3 Å². The lowest BCUT2D eigenvalue weighted by Crippen LogP contribution is -2.15. The Hall–Kier alpha value is -2.14. The lowest BCUT2D eigenvalue weighted by Gasteiger charge is -2.04. The molecule has 0 aliphatic heterocycles. The fourth-order valence-electron chi connectivity index (χ4n) is 2.10. The minimum Gasteiger partial charge on any atom is -0.465 e. The zero-order valence-electron chi connectivity index (χ0n) is 12.1. The van der Waals surface area contributed by atoms with Gasteiger partial charge in [-0.25, -0.2) is 9.59 Å². The third-order valence-electron chi connectivity index (χ3n) is 3.13. The van der Waals surface area contributed by atoms with Crippen molar-refractivity contribution in [3.8, 4) is 0 Å². The number of carbonyl (C=O) groups is 2. The molecule has 0 radical (unpaired) electrons. The molecule has 1 heterocycles. The first-order valence-corrected chi connectivity index (χ1v) is 7.32. The molecule has 2 rings (SSSR count). The van der Waals surface area contributed by atoms with E-state index in [1.165, 1.54) is 14.2 Å². The molecular weight excluding hydrogens is 288 g/mol. The van der Waals surface area contributed by atoms with E-state index in [1.54, 1.807) is 17.4 Å². The Bertz CT molecular complexity index is 694. The molecule has 0 aliphatic rings. The number of fused-ring (bicyclic) bond motifs is 1. The Labute approximate surface area is 127 Å². The van der Waals surface area contributed by atoms with Crippen LogP contribution in [0.3, 0.4) is 0 Å². The molecule has 0 aliphatic carbocycles. The van der Waals surface area contributed by atoms with Crippen molar-refractivity contribution in [1.82, 2.24) is 0 Å². The van der Waals surface area contributed by atoms with Crippen molar-refractivity contribution in [2.45, 2.75) is 13.3 Å². The minimum absolute atomic E-state index is 0.0988. The summed E-state index contributed by atoms with van der Waals surface area (Å²) in [5.74, 6) is -1.39. The smallest absolute Gasteiger partial charge is 0.345 e. The average Bonchev–Trinajstić information content (AvgIpc) is 2.88. The van der Waals surface area contributed by atoms with Gasteiger partial charge in [-0.05, 0) is 29.5 Å². The fourth-order valence-corrected chi connectivity index (χ4v) is 3.23. The lowest BCUT2D eigenvalue weighted by molar-refractivity contribution is -0.143. The van der Waals surface area contributed by atoms with Gasteiger partial charge < -0.3 is 9.47 Å². The minimum atomic E-state index is -0.695. The van der Waals surface area contributed by atoms with Gasteiger partial charge in [-0.2, -0.15) is 0 Å². The van der Waals surface area contributed by atoms with Gasteiger partial charge in [0.2, 0.25) is 0 Å². The molecule has 4 nitrogen and oxygen atoms in total. The topological polar surface area (TPSA) is 52.6 Å². The molecule has 0 amide bonds. The van der Waals surface area contributed by atoms with Crippen LogP contribution in [0.4, 0.5) is 0 Å². The summed E-state index contributed by atoms with van der Waals surface area (Å²) in [7, 11) is 2.48. The number of rotatable bonds is 4. The molecule has 1 aromatic carbocycles. The van der Waals surface area contributed by atoms with Crippen molar-refractivity contribution in [3.63, 3.8) is 0 Å².